The molecule has 0 aliphatic carbocycles. The first kappa shape index (κ1) is 15.2. The van der Waals surface area contributed by atoms with Gasteiger partial charge in [-0.05, 0) is 32.2 Å². The van der Waals surface area contributed by atoms with Crippen molar-refractivity contribution in [2.75, 3.05) is 6.54 Å². The summed E-state index contributed by atoms with van der Waals surface area (Å²) in [7, 11) is 1.96. The van der Waals surface area contributed by atoms with Crippen LogP contribution in [0.5, 0.6) is 0 Å². The topological polar surface area (TPSA) is 47.1 Å². The average Bonchev–Trinajstić information content (AvgIpc) is 2.99. The summed E-state index contributed by atoms with van der Waals surface area (Å²) >= 11 is 1.80. The third kappa shape index (κ3) is 3.29. The molecule has 0 spiro atoms. The summed E-state index contributed by atoms with van der Waals surface area (Å²) in [5.74, 6) is 0. The molecular formula is C15H24N4S. The van der Waals surface area contributed by atoms with Gasteiger partial charge in [-0.2, -0.15) is 5.10 Å². The molecule has 5 heteroatoms. The van der Waals surface area contributed by atoms with Crippen molar-refractivity contribution in [2.45, 2.75) is 39.4 Å². The predicted octanol–water partition coefficient (Wildman–Crippen LogP) is 2.70. The van der Waals surface area contributed by atoms with Crippen LogP contribution in [0.2, 0.25) is 0 Å². The lowest BCUT2D eigenvalue weighted by Crippen LogP contribution is -2.38. The lowest BCUT2D eigenvalue weighted by molar-refractivity contribution is 0.149. The predicted molar refractivity (Wildman–Crippen MR) is 84.7 cm³/mol. The summed E-state index contributed by atoms with van der Waals surface area (Å²) in [6.07, 6.45) is 2.09. The van der Waals surface area contributed by atoms with E-state index in [0.29, 0.717) is 12.6 Å². The molecule has 0 saturated heterocycles. The summed E-state index contributed by atoms with van der Waals surface area (Å²) in [6, 6.07) is 4.94. The smallest absolute Gasteiger partial charge is 0.0641 e. The Morgan fingerprint density at radius 3 is 2.65 bits per heavy atom. The van der Waals surface area contributed by atoms with Crippen molar-refractivity contribution in [3.63, 3.8) is 0 Å². The lowest BCUT2D eigenvalue weighted by atomic mass is 10.0. The minimum absolute atomic E-state index is 0.214. The molecule has 0 amide bonds. The van der Waals surface area contributed by atoms with Gasteiger partial charge in [-0.3, -0.25) is 9.58 Å². The van der Waals surface area contributed by atoms with Crippen LogP contribution in [-0.2, 0) is 13.6 Å². The molecule has 0 aromatic carbocycles. The van der Waals surface area contributed by atoms with Crippen LogP contribution in [0.3, 0.4) is 0 Å². The SMILES string of the molecule is Cc1nn(C)cc1C(CN)N(Cc1cccs1)C(C)C. The van der Waals surface area contributed by atoms with Crippen molar-refractivity contribution in [2.24, 2.45) is 12.8 Å². The number of thiophene rings is 1. The van der Waals surface area contributed by atoms with Crippen LogP contribution in [0.25, 0.3) is 0 Å². The van der Waals surface area contributed by atoms with E-state index in [0.717, 1.165) is 12.2 Å². The van der Waals surface area contributed by atoms with Crippen molar-refractivity contribution in [3.05, 3.63) is 39.8 Å². The van der Waals surface area contributed by atoms with Gasteiger partial charge in [-0.25, -0.2) is 0 Å². The van der Waals surface area contributed by atoms with Crippen LogP contribution in [0.15, 0.2) is 23.7 Å². The number of hydrogen-bond acceptors (Lipinski definition) is 4. The van der Waals surface area contributed by atoms with E-state index >= 15 is 0 Å². The van der Waals surface area contributed by atoms with Gasteiger partial charge >= 0.3 is 0 Å². The van der Waals surface area contributed by atoms with Gasteiger partial charge in [0.1, 0.15) is 0 Å². The number of nitrogens with zero attached hydrogens (tertiary/aromatic N) is 3. The monoisotopic (exact) mass is 292 g/mol. The van der Waals surface area contributed by atoms with Crippen LogP contribution in [0.1, 0.15) is 36.0 Å². The molecule has 0 radical (unpaired) electrons. The van der Waals surface area contributed by atoms with Crippen LogP contribution in [-0.4, -0.2) is 27.3 Å². The number of nitrogens with two attached hydrogens (primary N) is 1. The molecule has 0 saturated carbocycles. The highest BCUT2D eigenvalue weighted by atomic mass is 32.1. The van der Waals surface area contributed by atoms with Crippen LogP contribution in [0, 0.1) is 6.92 Å². The van der Waals surface area contributed by atoms with Crippen molar-refractivity contribution in [1.29, 1.82) is 0 Å². The maximum absolute atomic E-state index is 6.08. The Morgan fingerprint density at radius 1 is 1.45 bits per heavy atom. The molecule has 0 aliphatic heterocycles. The molecule has 2 N–H and O–H groups in total. The Hall–Kier alpha value is -1.17. The van der Waals surface area contributed by atoms with Gasteiger partial charge in [-0.15, -0.1) is 11.3 Å². The molecular weight excluding hydrogens is 268 g/mol. The Balaban J connectivity index is 2.27. The van der Waals surface area contributed by atoms with E-state index in [4.69, 9.17) is 5.73 Å². The minimum Gasteiger partial charge on any atom is -0.329 e. The van der Waals surface area contributed by atoms with E-state index in [2.05, 4.69) is 54.5 Å². The number of aromatic nitrogens is 2. The zero-order valence-corrected chi connectivity index (χ0v) is 13.5. The highest BCUT2D eigenvalue weighted by Gasteiger charge is 2.25. The first-order chi connectivity index (χ1) is 9.52. The second-order valence-electron chi connectivity index (χ2n) is 5.44. The second kappa shape index (κ2) is 6.52. The fraction of sp³-hybridized carbons (Fsp3) is 0.533. The Kier molecular flexibility index (Phi) is 4.96. The molecule has 2 rings (SSSR count). The lowest BCUT2D eigenvalue weighted by Gasteiger charge is -2.34. The van der Waals surface area contributed by atoms with E-state index in [1.54, 1.807) is 11.3 Å². The summed E-state index contributed by atoms with van der Waals surface area (Å²) in [5.41, 5.74) is 8.38. The zero-order chi connectivity index (χ0) is 14.7. The molecule has 2 aromatic heterocycles. The standard InChI is InChI=1S/C15H24N4S/c1-11(2)19(9-13-6-5-7-20-13)15(8-16)14-10-18(4)17-12(14)3/h5-7,10-11,15H,8-9,16H2,1-4H3. The van der Waals surface area contributed by atoms with E-state index in [1.807, 2.05) is 11.7 Å². The molecule has 2 heterocycles. The van der Waals surface area contributed by atoms with Gasteiger partial charge in [0.2, 0.25) is 0 Å². The van der Waals surface area contributed by atoms with E-state index in [1.165, 1.54) is 10.4 Å². The van der Waals surface area contributed by atoms with E-state index in [9.17, 15) is 0 Å². The summed E-state index contributed by atoms with van der Waals surface area (Å²) < 4.78 is 1.87. The summed E-state index contributed by atoms with van der Waals surface area (Å²) in [4.78, 5) is 3.83. The normalized spacial score (nSPS) is 13.3. The molecule has 0 bridgehead atoms. The Labute approximate surface area is 125 Å². The maximum atomic E-state index is 6.08. The Morgan fingerprint density at radius 2 is 2.20 bits per heavy atom. The summed E-state index contributed by atoms with van der Waals surface area (Å²) in [6.45, 7) is 8.05. The van der Waals surface area contributed by atoms with E-state index in [-0.39, 0.29) is 6.04 Å². The van der Waals surface area contributed by atoms with Crippen LogP contribution >= 0.6 is 11.3 Å². The van der Waals surface area contributed by atoms with Crippen molar-refractivity contribution >= 4 is 11.3 Å². The van der Waals surface area contributed by atoms with Gasteiger partial charge in [0.25, 0.3) is 0 Å². The third-order valence-corrected chi connectivity index (χ3v) is 4.48. The first-order valence-corrected chi connectivity index (χ1v) is 7.89. The quantitative estimate of drug-likeness (QED) is 0.890. The highest BCUT2D eigenvalue weighted by Crippen LogP contribution is 2.27. The van der Waals surface area contributed by atoms with Crippen molar-refractivity contribution < 1.29 is 0 Å². The van der Waals surface area contributed by atoms with Gasteiger partial charge in [0, 0.05) is 42.8 Å². The molecule has 0 aliphatic rings. The third-order valence-electron chi connectivity index (χ3n) is 3.62. The van der Waals surface area contributed by atoms with Crippen molar-refractivity contribution in [3.8, 4) is 0 Å². The molecule has 0 fully saturated rings. The maximum Gasteiger partial charge on any atom is 0.0641 e. The van der Waals surface area contributed by atoms with Gasteiger partial charge in [0.05, 0.1) is 11.7 Å². The average molecular weight is 292 g/mol. The summed E-state index contributed by atoms with van der Waals surface area (Å²) in [5, 5.41) is 6.58. The minimum atomic E-state index is 0.214. The second-order valence-corrected chi connectivity index (χ2v) is 6.47. The van der Waals surface area contributed by atoms with Gasteiger partial charge < -0.3 is 5.73 Å². The molecule has 1 atom stereocenters. The number of hydrogen-bond donors (Lipinski definition) is 1. The molecule has 20 heavy (non-hydrogen) atoms. The van der Waals surface area contributed by atoms with E-state index < -0.39 is 0 Å². The fourth-order valence-electron chi connectivity index (χ4n) is 2.62. The molecule has 1 unspecified atom stereocenters. The number of aryl methyl sites for hydroxylation is 2. The molecule has 2 aromatic rings. The zero-order valence-electron chi connectivity index (χ0n) is 12.7. The highest BCUT2D eigenvalue weighted by molar-refractivity contribution is 7.09. The van der Waals surface area contributed by atoms with Crippen LogP contribution < -0.4 is 5.73 Å². The van der Waals surface area contributed by atoms with Gasteiger partial charge in [-0.1, -0.05) is 6.07 Å². The Bertz CT molecular complexity index is 530. The molecule has 110 valence electrons. The van der Waals surface area contributed by atoms with Gasteiger partial charge in [0.15, 0.2) is 0 Å². The fourth-order valence-corrected chi connectivity index (χ4v) is 3.33. The van der Waals surface area contributed by atoms with Crippen LogP contribution in [0.4, 0.5) is 0 Å². The number of rotatable bonds is 6. The first-order valence-electron chi connectivity index (χ1n) is 7.01. The van der Waals surface area contributed by atoms with Crippen molar-refractivity contribution in [1.82, 2.24) is 14.7 Å². The largest absolute Gasteiger partial charge is 0.329 e. The molecule has 4 nitrogen and oxygen atoms in total.